The van der Waals surface area contributed by atoms with Gasteiger partial charge in [-0.15, -0.1) is 0 Å². The zero-order valence-corrected chi connectivity index (χ0v) is 16.2. The van der Waals surface area contributed by atoms with E-state index in [2.05, 4.69) is 5.32 Å². The Hall–Kier alpha value is -3.28. The number of hydrogen-bond donors (Lipinski definition) is 1. The summed E-state index contributed by atoms with van der Waals surface area (Å²) in [6.07, 6.45) is 1.37. The van der Waals surface area contributed by atoms with Gasteiger partial charge in [0.05, 0.1) is 19.8 Å². The minimum Gasteiger partial charge on any atom is -0.497 e. The van der Waals surface area contributed by atoms with E-state index in [0.29, 0.717) is 12.3 Å². The standard InChI is InChI=1S/C22H24N2O4/c1-4-28-19(25)14-15(2)23-20-21(16-8-6-5-7-9-16)24(22(20)26)17-10-12-18(27-3)13-11-17/h5-14,20-21,23H,4H2,1-3H3/t20-,21+/m1/s1. The number of carbonyl (C=O) groups excluding carboxylic acids is 2. The summed E-state index contributed by atoms with van der Waals surface area (Å²) < 4.78 is 10.1. The summed E-state index contributed by atoms with van der Waals surface area (Å²) in [6, 6.07) is 16.6. The van der Waals surface area contributed by atoms with Gasteiger partial charge in [0.1, 0.15) is 11.8 Å². The molecule has 0 spiro atoms. The SMILES string of the molecule is CCOC(=O)C=C(C)N[C@H]1C(=O)N(c2ccc(OC)cc2)[C@H]1c1ccccc1. The number of hydrogen-bond acceptors (Lipinski definition) is 5. The molecule has 1 N–H and O–H groups in total. The third-order valence-corrected chi connectivity index (χ3v) is 4.59. The summed E-state index contributed by atoms with van der Waals surface area (Å²) in [4.78, 5) is 26.4. The van der Waals surface area contributed by atoms with Crippen LogP contribution >= 0.6 is 0 Å². The molecule has 1 aliphatic rings. The summed E-state index contributed by atoms with van der Waals surface area (Å²) in [5.41, 5.74) is 2.40. The summed E-state index contributed by atoms with van der Waals surface area (Å²) in [5.74, 6) is 0.244. The maximum absolute atomic E-state index is 12.9. The van der Waals surface area contributed by atoms with Gasteiger partial charge in [-0.2, -0.15) is 0 Å². The predicted octanol–water partition coefficient (Wildman–Crippen LogP) is 3.21. The van der Waals surface area contributed by atoms with Gasteiger partial charge in [0, 0.05) is 17.5 Å². The van der Waals surface area contributed by atoms with Crippen molar-refractivity contribution < 1.29 is 19.1 Å². The summed E-state index contributed by atoms with van der Waals surface area (Å²) in [6.45, 7) is 3.81. The molecule has 1 amide bonds. The maximum atomic E-state index is 12.9. The second-order valence-corrected chi connectivity index (χ2v) is 6.46. The molecule has 0 saturated carbocycles. The molecule has 146 valence electrons. The third-order valence-electron chi connectivity index (χ3n) is 4.59. The topological polar surface area (TPSA) is 67.9 Å². The zero-order valence-electron chi connectivity index (χ0n) is 16.2. The van der Waals surface area contributed by atoms with Crippen LogP contribution < -0.4 is 15.0 Å². The monoisotopic (exact) mass is 380 g/mol. The number of β-lactam (4-membered cyclic amide) rings is 1. The second-order valence-electron chi connectivity index (χ2n) is 6.46. The molecule has 28 heavy (non-hydrogen) atoms. The highest BCUT2D eigenvalue weighted by atomic mass is 16.5. The summed E-state index contributed by atoms with van der Waals surface area (Å²) in [7, 11) is 1.61. The van der Waals surface area contributed by atoms with Crippen LogP contribution in [0.5, 0.6) is 5.75 Å². The van der Waals surface area contributed by atoms with Crippen LogP contribution in [0.15, 0.2) is 66.4 Å². The number of allylic oxidation sites excluding steroid dienone is 1. The maximum Gasteiger partial charge on any atom is 0.332 e. The normalized spacial score (nSPS) is 19.0. The first kappa shape index (κ1) is 19.5. The fraction of sp³-hybridized carbons (Fsp3) is 0.273. The Balaban J connectivity index is 1.86. The Labute approximate surface area is 164 Å². The molecule has 0 radical (unpaired) electrons. The predicted molar refractivity (Wildman–Crippen MR) is 107 cm³/mol. The van der Waals surface area contributed by atoms with Gasteiger partial charge < -0.3 is 19.7 Å². The minimum absolute atomic E-state index is 0.0596. The number of amides is 1. The van der Waals surface area contributed by atoms with Crippen molar-refractivity contribution >= 4 is 17.6 Å². The summed E-state index contributed by atoms with van der Waals surface area (Å²) >= 11 is 0. The average molecular weight is 380 g/mol. The van der Waals surface area contributed by atoms with E-state index in [4.69, 9.17) is 9.47 Å². The van der Waals surface area contributed by atoms with Crippen molar-refractivity contribution in [2.75, 3.05) is 18.6 Å². The quantitative estimate of drug-likeness (QED) is 0.454. The number of nitrogens with zero attached hydrogens (tertiary/aromatic N) is 1. The average Bonchev–Trinajstić information content (AvgIpc) is 2.71. The summed E-state index contributed by atoms with van der Waals surface area (Å²) in [5, 5.41) is 3.17. The lowest BCUT2D eigenvalue weighted by Gasteiger charge is -2.48. The number of benzene rings is 2. The molecule has 1 saturated heterocycles. The molecule has 3 rings (SSSR count). The largest absolute Gasteiger partial charge is 0.497 e. The Morgan fingerprint density at radius 3 is 2.43 bits per heavy atom. The highest BCUT2D eigenvalue weighted by molar-refractivity contribution is 6.06. The van der Waals surface area contributed by atoms with Crippen LogP contribution in [0.2, 0.25) is 0 Å². The molecule has 0 aromatic heterocycles. The first-order chi connectivity index (χ1) is 13.5. The number of anilines is 1. The van der Waals surface area contributed by atoms with Crippen LogP contribution in [0.3, 0.4) is 0 Å². The van der Waals surface area contributed by atoms with Crippen molar-refractivity contribution in [3.05, 3.63) is 71.9 Å². The number of nitrogens with one attached hydrogen (secondary N) is 1. The molecule has 0 unspecified atom stereocenters. The van der Waals surface area contributed by atoms with E-state index in [-0.39, 0.29) is 11.9 Å². The molecule has 2 aromatic rings. The smallest absolute Gasteiger partial charge is 0.332 e. The number of carbonyl (C=O) groups is 2. The van der Waals surface area contributed by atoms with Crippen molar-refractivity contribution in [2.24, 2.45) is 0 Å². The van der Waals surface area contributed by atoms with Gasteiger partial charge in [-0.25, -0.2) is 4.79 Å². The lowest BCUT2D eigenvalue weighted by molar-refractivity contribution is -0.137. The molecular formula is C22H24N2O4. The van der Waals surface area contributed by atoms with Crippen molar-refractivity contribution in [1.29, 1.82) is 0 Å². The van der Waals surface area contributed by atoms with Crippen molar-refractivity contribution in [3.8, 4) is 5.75 Å². The van der Waals surface area contributed by atoms with E-state index >= 15 is 0 Å². The molecule has 2 atom stereocenters. The van der Waals surface area contributed by atoms with E-state index in [1.807, 2.05) is 54.6 Å². The Bertz CT molecular complexity index is 862. The highest BCUT2D eigenvalue weighted by Gasteiger charge is 2.49. The number of methoxy groups -OCH3 is 1. The van der Waals surface area contributed by atoms with E-state index < -0.39 is 12.0 Å². The molecule has 6 nitrogen and oxygen atoms in total. The highest BCUT2D eigenvalue weighted by Crippen LogP contribution is 2.40. The molecule has 1 fully saturated rings. The van der Waals surface area contributed by atoms with E-state index in [9.17, 15) is 9.59 Å². The molecule has 1 heterocycles. The van der Waals surface area contributed by atoms with Gasteiger partial charge in [0.25, 0.3) is 5.91 Å². The van der Waals surface area contributed by atoms with Crippen LogP contribution in [0.25, 0.3) is 0 Å². The van der Waals surface area contributed by atoms with Crippen LogP contribution in [0.4, 0.5) is 5.69 Å². The molecule has 1 aliphatic heterocycles. The van der Waals surface area contributed by atoms with Crippen LogP contribution in [0.1, 0.15) is 25.5 Å². The van der Waals surface area contributed by atoms with E-state index in [1.165, 1.54) is 6.08 Å². The molecule has 0 bridgehead atoms. The Kier molecular flexibility index (Phi) is 5.99. The van der Waals surface area contributed by atoms with Gasteiger partial charge in [0.15, 0.2) is 0 Å². The van der Waals surface area contributed by atoms with Gasteiger partial charge in [-0.05, 0) is 43.7 Å². The van der Waals surface area contributed by atoms with Crippen molar-refractivity contribution in [1.82, 2.24) is 5.32 Å². The fourth-order valence-corrected chi connectivity index (χ4v) is 3.30. The van der Waals surface area contributed by atoms with Crippen LogP contribution in [0, 0.1) is 0 Å². The van der Waals surface area contributed by atoms with E-state index in [1.54, 1.807) is 25.9 Å². The Morgan fingerprint density at radius 2 is 1.82 bits per heavy atom. The number of ether oxygens (including phenoxy) is 2. The van der Waals surface area contributed by atoms with Gasteiger partial charge in [-0.1, -0.05) is 30.3 Å². The van der Waals surface area contributed by atoms with Gasteiger partial charge in [-0.3, -0.25) is 4.79 Å². The lowest BCUT2D eigenvalue weighted by Crippen LogP contribution is -2.64. The first-order valence-electron chi connectivity index (χ1n) is 9.18. The molecule has 6 heteroatoms. The van der Waals surface area contributed by atoms with Crippen molar-refractivity contribution in [3.63, 3.8) is 0 Å². The zero-order chi connectivity index (χ0) is 20.1. The Morgan fingerprint density at radius 1 is 1.14 bits per heavy atom. The molecular weight excluding hydrogens is 356 g/mol. The molecule has 2 aromatic carbocycles. The van der Waals surface area contributed by atoms with Crippen molar-refractivity contribution in [2.45, 2.75) is 25.9 Å². The van der Waals surface area contributed by atoms with Crippen LogP contribution in [-0.2, 0) is 14.3 Å². The number of rotatable bonds is 7. The lowest BCUT2D eigenvalue weighted by atomic mass is 9.87. The first-order valence-corrected chi connectivity index (χ1v) is 9.18. The number of esters is 1. The van der Waals surface area contributed by atoms with E-state index in [0.717, 1.165) is 17.0 Å². The second kappa shape index (κ2) is 8.61. The fourth-order valence-electron chi connectivity index (χ4n) is 3.30. The van der Waals surface area contributed by atoms with Crippen LogP contribution in [-0.4, -0.2) is 31.6 Å². The minimum atomic E-state index is -0.463. The van der Waals surface area contributed by atoms with Gasteiger partial charge >= 0.3 is 5.97 Å². The van der Waals surface area contributed by atoms with Gasteiger partial charge in [0.2, 0.25) is 0 Å². The molecule has 0 aliphatic carbocycles. The third kappa shape index (κ3) is 4.01.